The predicted molar refractivity (Wildman–Crippen MR) is 33.3 cm³/mol. The van der Waals surface area contributed by atoms with Gasteiger partial charge in [0.25, 0.3) is 0 Å². The van der Waals surface area contributed by atoms with Gasteiger partial charge in [0.2, 0.25) is 5.95 Å². The van der Waals surface area contributed by atoms with Crippen molar-refractivity contribution < 1.29 is 4.39 Å². The molecule has 47 valence electrons. The average Bonchev–Trinajstić information content (AvgIpc) is 1.88. The zero-order valence-corrected chi connectivity index (χ0v) is 5.13. The molecule has 1 nitrogen and oxygen atoms in total. The van der Waals surface area contributed by atoms with Crippen LogP contribution in [0.3, 0.4) is 0 Å². The van der Waals surface area contributed by atoms with Crippen molar-refractivity contribution in [3.8, 4) is 0 Å². The molecule has 0 aliphatic carbocycles. The summed E-state index contributed by atoms with van der Waals surface area (Å²) in [4.78, 5) is 3.40. The van der Waals surface area contributed by atoms with Crippen molar-refractivity contribution in [2.75, 3.05) is 0 Å². The smallest absolute Gasteiger partial charge is 0.213 e. The molecular weight excluding hydrogens is 117 g/mol. The molecule has 0 N–H and O–H groups in total. The maximum atomic E-state index is 12.2. The minimum Gasteiger partial charge on any atom is -0.228 e. The summed E-state index contributed by atoms with van der Waals surface area (Å²) in [5.74, 6) is -0.425. The quantitative estimate of drug-likeness (QED) is 0.520. The van der Waals surface area contributed by atoms with Crippen LogP contribution in [0.4, 0.5) is 4.39 Å². The van der Waals surface area contributed by atoms with Crippen molar-refractivity contribution in [1.82, 2.24) is 4.98 Å². The number of halogens is 1. The van der Waals surface area contributed by atoms with Crippen molar-refractivity contribution in [1.29, 1.82) is 0 Å². The Morgan fingerprint density at radius 1 is 1.67 bits per heavy atom. The van der Waals surface area contributed by atoms with Crippen molar-refractivity contribution in [2.24, 2.45) is 0 Å². The van der Waals surface area contributed by atoms with Gasteiger partial charge in [0.1, 0.15) is 0 Å². The number of aromatic nitrogens is 1. The highest BCUT2D eigenvalue weighted by Gasteiger charge is 1.90. The molecule has 0 amide bonds. The molecule has 0 unspecified atom stereocenters. The molecular formula is C7H7FN. The van der Waals surface area contributed by atoms with Gasteiger partial charge in [0.05, 0.1) is 0 Å². The Morgan fingerprint density at radius 3 is 2.89 bits per heavy atom. The summed E-state index contributed by atoms with van der Waals surface area (Å²) in [6, 6.07) is 3.14. The van der Waals surface area contributed by atoms with E-state index in [1.807, 2.05) is 13.3 Å². The Morgan fingerprint density at radius 2 is 2.44 bits per heavy atom. The standard InChI is InChI=1S/C7H7FN/c1-2-6-3-4-9-7(8)5-6/h2-5H,1H3. The second-order valence-electron chi connectivity index (χ2n) is 1.70. The lowest BCUT2D eigenvalue weighted by Crippen LogP contribution is -1.83. The number of pyridine rings is 1. The minimum absolute atomic E-state index is 0.425. The first kappa shape index (κ1) is 6.20. The molecule has 0 aliphatic rings. The maximum Gasteiger partial charge on any atom is 0.213 e. The number of nitrogens with zero attached hydrogens (tertiary/aromatic N) is 1. The summed E-state index contributed by atoms with van der Waals surface area (Å²) >= 11 is 0. The van der Waals surface area contributed by atoms with Crippen molar-refractivity contribution in [3.63, 3.8) is 0 Å². The molecule has 0 fully saturated rings. The highest BCUT2D eigenvalue weighted by molar-refractivity contribution is 5.18. The topological polar surface area (TPSA) is 12.9 Å². The normalized spacial score (nSPS) is 9.56. The summed E-state index contributed by atoms with van der Waals surface area (Å²) in [5, 5.41) is 0. The molecule has 9 heavy (non-hydrogen) atoms. The van der Waals surface area contributed by atoms with Gasteiger partial charge in [0.15, 0.2) is 0 Å². The third kappa shape index (κ3) is 1.49. The van der Waals surface area contributed by atoms with Crippen LogP contribution in [0.1, 0.15) is 12.5 Å². The molecule has 2 heteroatoms. The third-order valence-electron chi connectivity index (χ3n) is 1.08. The van der Waals surface area contributed by atoms with E-state index in [0.29, 0.717) is 0 Å². The van der Waals surface area contributed by atoms with Crippen LogP contribution in [0.25, 0.3) is 0 Å². The fraction of sp³-hybridized carbons (Fsp3) is 0.143. The Hall–Kier alpha value is -0.920. The summed E-state index contributed by atoms with van der Waals surface area (Å²) < 4.78 is 12.2. The van der Waals surface area contributed by atoms with E-state index >= 15 is 0 Å². The lowest BCUT2D eigenvalue weighted by Gasteiger charge is -1.91. The fourth-order valence-corrected chi connectivity index (χ4v) is 0.597. The lowest BCUT2D eigenvalue weighted by molar-refractivity contribution is 0.583. The summed E-state index contributed by atoms with van der Waals surface area (Å²) in [6.07, 6.45) is 3.27. The first-order chi connectivity index (χ1) is 4.33. The molecule has 0 aromatic carbocycles. The van der Waals surface area contributed by atoms with Gasteiger partial charge in [-0.1, -0.05) is 6.92 Å². The van der Waals surface area contributed by atoms with Gasteiger partial charge < -0.3 is 0 Å². The summed E-state index contributed by atoms with van der Waals surface area (Å²) in [5.41, 5.74) is 0.863. The maximum absolute atomic E-state index is 12.2. The van der Waals surface area contributed by atoms with E-state index in [-0.39, 0.29) is 0 Å². The van der Waals surface area contributed by atoms with Crippen LogP contribution in [-0.4, -0.2) is 4.98 Å². The van der Waals surface area contributed by atoms with Crippen LogP contribution < -0.4 is 0 Å². The zero-order chi connectivity index (χ0) is 6.69. The van der Waals surface area contributed by atoms with E-state index in [4.69, 9.17) is 0 Å². The van der Waals surface area contributed by atoms with Crippen LogP contribution in [0, 0.1) is 12.4 Å². The van der Waals surface area contributed by atoms with Crippen LogP contribution in [0.15, 0.2) is 18.3 Å². The summed E-state index contributed by atoms with van der Waals surface area (Å²) in [6.45, 7) is 1.86. The molecule has 1 aromatic heterocycles. The van der Waals surface area contributed by atoms with Crippen molar-refractivity contribution in [2.45, 2.75) is 6.92 Å². The van der Waals surface area contributed by atoms with Gasteiger partial charge in [-0.2, -0.15) is 4.39 Å². The lowest BCUT2D eigenvalue weighted by atomic mass is 10.2. The van der Waals surface area contributed by atoms with Crippen molar-refractivity contribution in [3.05, 3.63) is 36.3 Å². The highest BCUT2D eigenvalue weighted by Crippen LogP contribution is 2.01. The molecule has 0 bridgehead atoms. The highest BCUT2D eigenvalue weighted by atomic mass is 19.1. The van der Waals surface area contributed by atoms with Gasteiger partial charge in [-0.15, -0.1) is 0 Å². The molecule has 0 spiro atoms. The largest absolute Gasteiger partial charge is 0.228 e. The molecule has 0 saturated heterocycles. The fourth-order valence-electron chi connectivity index (χ4n) is 0.597. The van der Waals surface area contributed by atoms with Crippen LogP contribution in [0.2, 0.25) is 0 Å². The monoisotopic (exact) mass is 124 g/mol. The molecule has 1 heterocycles. The average molecular weight is 124 g/mol. The van der Waals surface area contributed by atoms with E-state index in [9.17, 15) is 4.39 Å². The van der Waals surface area contributed by atoms with E-state index in [1.54, 1.807) is 6.07 Å². The van der Waals surface area contributed by atoms with E-state index < -0.39 is 5.95 Å². The van der Waals surface area contributed by atoms with E-state index in [1.165, 1.54) is 12.3 Å². The Bertz CT molecular complexity index is 198. The van der Waals surface area contributed by atoms with E-state index in [2.05, 4.69) is 4.98 Å². The molecule has 1 aromatic rings. The van der Waals surface area contributed by atoms with Gasteiger partial charge in [-0.05, 0) is 24.1 Å². The van der Waals surface area contributed by atoms with E-state index in [0.717, 1.165) is 5.56 Å². The second kappa shape index (κ2) is 2.58. The minimum atomic E-state index is -0.425. The molecule has 1 radical (unpaired) electrons. The SMILES string of the molecule is C[CH]c1ccnc(F)c1. The predicted octanol–water partition coefficient (Wildman–Crippen LogP) is 1.79. The molecule has 1 rings (SSSR count). The molecule has 0 aliphatic heterocycles. The Balaban J connectivity index is 2.94. The zero-order valence-electron chi connectivity index (χ0n) is 5.13. The number of rotatable bonds is 1. The number of hydrogen-bond acceptors (Lipinski definition) is 1. The van der Waals surface area contributed by atoms with Crippen LogP contribution in [-0.2, 0) is 0 Å². The second-order valence-corrected chi connectivity index (χ2v) is 1.70. The van der Waals surface area contributed by atoms with Crippen LogP contribution in [0.5, 0.6) is 0 Å². The van der Waals surface area contributed by atoms with Gasteiger partial charge in [-0.25, -0.2) is 4.98 Å². The molecule has 0 atom stereocenters. The van der Waals surface area contributed by atoms with Crippen LogP contribution >= 0.6 is 0 Å². The first-order valence-electron chi connectivity index (χ1n) is 2.74. The van der Waals surface area contributed by atoms with Gasteiger partial charge in [-0.3, -0.25) is 0 Å². The third-order valence-corrected chi connectivity index (χ3v) is 1.08. The Labute approximate surface area is 53.5 Å². The van der Waals surface area contributed by atoms with Gasteiger partial charge >= 0.3 is 0 Å². The van der Waals surface area contributed by atoms with Gasteiger partial charge in [0, 0.05) is 6.20 Å². The molecule has 0 saturated carbocycles. The van der Waals surface area contributed by atoms with Crippen molar-refractivity contribution >= 4 is 0 Å². The summed E-state index contributed by atoms with van der Waals surface area (Å²) in [7, 11) is 0. The number of hydrogen-bond donors (Lipinski definition) is 0. The Kier molecular flexibility index (Phi) is 1.78. The first-order valence-corrected chi connectivity index (χ1v) is 2.74.